The van der Waals surface area contributed by atoms with Crippen LogP contribution in [0.25, 0.3) is 6.08 Å². The lowest BCUT2D eigenvalue weighted by Crippen LogP contribution is -2.07. The normalized spacial score (nSPS) is 14.6. The van der Waals surface area contributed by atoms with Crippen molar-refractivity contribution in [1.29, 1.82) is 0 Å². The van der Waals surface area contributed by atoms with Crippen LogP contribution in [0.2, 0.25) is 0 Å². The molecular formula is C19H25NO5. The number of hydrogen-bond donors (Lipinski definition) is 0. The number of ether oxygens (including phenoxy) is 3. The molecule has 1 saturated carbocycles. The third-order valence-corrected chi connectivity index (χ3v) is 4.26. The van der Waals surface area contributed by atoms with Crippen LogP contribution in [-0.2, 0) is 14.3 Å². The van der Waals surface area contributed by atoms with Crippen molar-refractivity contribution in [1.82, 2.24) is 4.98 Å². The van der Waals surface area contributed by atoms with Gasteiger partial charge in [0.2, 0.25) is 0 Å². The lowest BCUT2D eigenvalue weighted by molar-refractivity contribution is -0.140. The summed E-state index contributed by atoms with van der Waals surface area (Å²) in [4.78, 5) is 27.4. The predicted octanol–water partition coefficient (Wildman–Crippen LogP) is 3.19. The molecule has 1 heterocycles. The van der Waals surface area contributed by atoms with Gasteiger partial charge in [-0.2, -0.15) is 0 Å². The molecule has 0 bridgehead atoms. The predicted molar refractivity (Wildman–Crippen MR) is 93.5 cm³/mol. The number of carbonyl (C=O) groups excluding carboxylic acids is 2. The molecule has 0 N–H and O–H groups in total. The lowest BCUT2D eigenvalue weighted by atomic mass is 10.0. The first-order chi connectivity index (χ1) is 12.1. The topological polar surface area (TPSA) is 74.7 Å². The Morgan fingerprint density at radius 1 is 1.24 bits per heavy atom. The fraction of sp³-hybridized carbons (Fsp3) is 0.526. The number of esters is 1. The zero-order valence-corrected chi connectivity index (χ0v) is 14.8. The van der Waals surface area contributed by atoms with Gasteiger partial charge in [-0.15, -0.1) is 0 Å². The van der Waals surface area contributed by atoms with Gasteiger partial charge in [0.15, 0.2) is 17.3 Å². The first-order valence-corrected chi connectivity index (χ1v) is 8.59. The molecule has 1 fully saturated rings. The van der Waals surface area contributed by atoms with E-state index in [4.69, 9.17) is 9.47 Å². The Bertz CT molecular complexity index is 620. The standard InChI is InChI=1S/C19H25NO5/c1-23-17-12-15(9-10-16(21)14-6-3-4-7-14)20-13-18(17)25-11-5-8-19(22)24-2/h9-10,12-14H,3-8,11H2,1-2H3. The van der Waals surface area contributed by atoms with Crippen LogP contribution in [0.5, 0.6) is 11.5 Å². The maximum absolute atomic E-state index is 12.1. The van der Waals surface area contributed by atoms with E-state index in [1.54, 1.807) is 31.5 Å². The highest BCUT2D eigenvalue weighted by Crippen LogP contribution is 2.28. The molecule has 0 saturated heterocycles. The fourth-order valence-corrected chi connectivity index (χ4v) is 2.81. The second-order valence-electron chi connectivity index (χ2n) is 6.01. The second-order valence-corrected chi connectivity index (χ2v) is 6.01. The highest BCUT2D eigenvalue weighted by atomic mass is 16.5. The van der Waals surface area contributed by atoms with Crippen molar-refractivity contribution in [3.63, 3.8) is 0 Å². The molecular weight excluding hydrogens is 322 g/mol. The first kappa shape index (κ1) is 19.0. The summed E-state index contributed by atoms with van der Waals surface area (Å²) >= 11 is 0. The van der Waals surface area contributed by atoms with Gasteiger partial charge in [-0.3, -0.25) is 14.6 Å². The molecule has 1 aromatic rings. The van der Waals surface area contributed by atoms with Crippen molar-refractivity contribution in [2.24, 2.45) is 5.92 Å². The molecule has 0 spiro atoms. The Hall–Kier alpha value is -2.37. The highest BCUT2D eigenvalue weighted by molar-refractivity contribution is 5.95. The Balaban J connectivity index is 1.91. The monoisotopic (exact) mass is 347 g/mol. The summed E-state index contributed by atoms with van der Waals surface area (Å²) in [5, 5.41) is 0. The number of rotatable bonds is 9. The zero-order valence-electron chi connectivity index (χ0n) is 14.8. The second kappa shape index (κ2) is 9.81. The average Bonchev–Trinajstić information content (AvgIpc) is 3.18. The van der Waals surface area contributed by atoms with Crippen molar-refractivity contribution < 1.29 is 23.8 Å². The molecule has 6 nitrogen and oxygen atoms in total. The van der Waals surface area contributed by atoms with E-state index in [-0.39, 0.29) is 17.7 Å². The van der Waals surface area contributed by atoms with Gasteiger partial charge in [0.25, 0.3) is 0 Å². The van der Waals surface area contributed by atoms with E-state index in [9.17, 15) is 9.59 Å². The van der Waals surface area contributed by atoms with Crippen molar-refractivity contribution >= 4 is 17.8 Å². The van der Waals surface area contributed by atoms with Crippen LogP contribution in [0.3, 0.4) is 0 Å². The van der Waals surface area contributed by atoms with Crippen LogP contribution in [0.1, 0.15) is 44.2 Å². The number of hydrogen-bond acceptors (Lipinski definition) is 6. The molecule has 0 unspecified atom stereocenters. The molecule has 25 heavy (non-hydrogen) atoms. The molecule has 0 aromatic carbocycles. The van der Waals surface area contributed by atoms with Gasteiger partial charge in [-0.1, -0.05) is 12.8 Å². The fourth-order valence-electron chi connectivity index (χ4n) is 2.81. The van der Waals surface area contributed by atoms with Crippen LogP contribution in [0.15, 0.2) is 18.3 Å². The van der Waals surface area contributed by atoms with Crippen LogP contribution < -0.4 is 9.47 Å². The number of methoxy groups -OCH3 is 2. The molecule has 0 aliphatic heterocycles. The van der Waals surface area contributed by atoms with Gasteiger partial charge in [0.05, 0.1) is 32.7 Å². The van der Waals surface area contributed by atoms with Gasteiger partial charge in [-0.25, -0.2) is 0 Å². The summed E-state index contributed by atoms with van der Waals surface area (Å²) in [6, 6.07) is 1.73. The minimum atomic E-state index is -0.263. The Labute approximate surface area is 148 Å². The van der Waals surface area contributed by atoms with Crippen LogP contribution in [-0.4, -0.2) is 37.6 Å². The summed E-state index contributed by atoms with van der Waals surface area (Å²) in [6.45, 7) is 0.364. The largest absolute Gasteiger partial charge is 0.493 e. The minimum Gasteiger partial charge on any atom is -0.493 e. The van der Waals surface area contributed by atoms with Crippen molar-refractivity contribution in [3.05, 3.63) is 24.0 Å². The molecule has 1 aliphatic rings. The number of aromatic nitrogens is 1. The lowest BCUT2D eigenvalue weighted by Gasteiger charge is -2.10. The SMILES string of the molecule is COC(=O)CCCOc1cnc(C=CC(=O)C2CCCC2)cc1OC. The number of pyridine rings is 1. The first-order valence-electron chi connectivity index (χ1n) is 8.59. The van der Waals surface area contributed by atoms with Crippen molar-refractivity contribution in [3.8, 4) is 11.5 Å². The molecule has 0 amide bonds. The van der Waals surface area contributed by atoms with Gasteiger partial charge < -0.3 is 14.2 Å². The van der Waals surface area contributed by atoms with Crippen molar-refractivity contribution in [2.75, 3.05) is 20.8 Å². The summed E-state index contributed by atoms with van der Waals surface area (Å²) in [5.41, 5.74) is 0.644. The van der Waals surface area contributed by atoms with Gasteiger partial charge in [-0.05, 0) is 31.4 Å². The third-order valence-electron chi connectivity index (χ3n) is 4.26. The maximum atomic E-state index is 12.1. The van der Waals surface area contributed by atoms with E-state index in [1.165, 1.54) is 7.11 Å². The third kappa shape index (κ3) is 5.89. The van der Waals surface area contributed by atoms with E-state index in [0.717, 1.165) is 25.7 Å². The number of nitrogens with zero attached hydrogens (tertiary/aromatic N) is 1. The van der Waals surface area contributed by atoms with Gasteiger partial charge in [0, 0.05) is 18.4 Å². The van der Waals surface area contributed by atoms with Crippen LogP contribution >= 0.6 is 0 Å². The molecule has 0 atom stereocenters. The summed E-state index contributed by atoms with van der Waals surface area (Å²) < 4.78 is 15.5. The number of allylic oxidation sites excluding steroid dienone is 1. The minimum absolute atomic E-state index is 0.163. The van der Waals surface area contributed by atoms with Gasteiger partial charge in [0.1, 0.15) is 0 Å². The highest BCUT2D eigenvalue weighted by Gasteiger charge is 2.20. The average molecular weight is 347 g/mol. The maximum Gasteiger partial charge on any atom is 0.305 e. The van der Waals surface area contributed by atoms with E-state index in [1.807, 2.05) is 0 Å². The summed E-state index contributed by atoms with van der Waals surface area (Å²) in [7, 11) is 2.91. The Morgan fingerprint density at radius 3 is 2.68 bits per heavy atom. The molecule has 6 heteroatoms. The quantitative estimate of drug-likeness (QED) is 0.388. The molecule has 2 rings (SSSR count). The van der Waals surface area contributed by atoms with E-state index >= 15 is 0 Å². The number of carbonyl (C=O) groups is 2. The van der Waals surface area contributed by atoms with Crippen LogP contribution in [0.4, 0.5) is 0 Å². The van der Waals surface area contributed by atoms with E-state index in [0.29, 0.717) is 36.6 Å². The van der Waals surface area contributed by atoms with E-state index in [2.05, 4.69) is 9.72 Å². The molecule has 1 aliphatic carbocycles. The molecule has 1 aromatic heterocycles. The summed E-state index contributed by atoms with van der Waals surface area (Å²) in [6.07, 6.45) is 9.98. The van der Waals surface area contributed by atoms with Gasteiger partial charge >= 0.3 is 5.97 Å². The number of ketones is 1. The summed E-state index contributed by atoms with van der Waals surface area (Å²) in [5.74, 6) is 1.12. The van der Waals surface area contributed by atoms with Crippen molar-refractivity contribution in [2.45, 2.75) is 38.5 Å². The van der Waals surface area contributed by atoms with E-state index < -0.39 is 0 Å². The van der Waals surface area contributed by atoms with Crippen LogP contribution in [0, 0.1) is 5.92 Å². The smallest absolute Gasteiger partial charge is 0.305 e. The zero-order chi connectivity index (χ0) is 18.1. The molecule has 0 radical (unpaired) electrons. The Morgan fingerprint density at radius 2 is 2.00 bits per heavy atom. The Kier molecular flexibility index (Phi) is 7.44. The molecule has 136 valence electrons.